The van der Waals surface area contributed by atoms with Crippen molar-refractivity contribution in [3.05, 3.63) is 70.9 Å². The number of esters is 1. The third-order valence-corrected chi connectivity index (χ3v) is 7.78. The fourth-order valence-corrected chi connectivity index (χ4v) is 5.59. The molecule has 3 atom stereocenters. The molecule has 1 aromatic carbocycles. The summed E-state index contributed by atoms with van der Waals surface area (Å²) in [5.41, 5.74) is 1.45. The molecule has 0 saturated heterocycles. The minimum absolute atomic E-state index is 0. The minimum atomic E-state index is -0.663. The molecule has 171 valence electrons. The van der Waals surface area contributed by atoms with Crippen molar-refractivity contribution in [2.45, 2.75) is 56.5 Å². The number of carbonyl (C=O) groups excluding carboxylic acids is 1. The molecule has 0 aliphatic heterocycles. The molecular formula is C25H32AcO5S. The molecule has 1 saturated carbocycles. The first-order valence-electron chi connectivity index (χ1n) is 10.8. The zero-order valence-corrected chi connectivity index (χ0v) is 24.1. The number of benzene rings is 1. The van der Waals surface area contributed by atoms with Crippen LogP contribution in [0.5, 0.6) is 0 Å². The maximum atomic E-state index is 11.6. The van der Waals surface area contributed by atoms with E-state index in [1.54, 1.807) is 12.1 Å². The Labute approximate surface area is 230 Å². The number of aliphatic hydroxyl groups excluding tert-OH is 3. The van der Waals surface area contributed by atoms with Gasteiger partial charge in [-0.1, -0.05) is 36.8 Å². The number of aliphatic hydroxyl groups is 3. The Morgan fingerprint density at radius 2 is 2.03 bits per heavy atom. The van der Waals surface area contributed by atoms with Gasteiger partial charge in [0.05, 0.1) is 24.9 Å². The van der Waals surface area contributed by atoms with E-state index in [1.807, 2.05) is 30.4 Å². The number of methoxy groups -OCH3 is 1. The van der Waals surface area contributed by atoms with E-state index in [0.29, 0.717) is 17.7 Å². The molecule has 1 fully saturated rings. The van der Waals surface area contributed by atoms with Crippen LogP contribution in [0.25, 0.3) is 0 Å². The summed E-state index contributed by atoms with van der Waals surface area (Å²) in [6, 6.07) is 7.16. The minimum Gasteiger partial charge on any atom is -0.511 e. The first-order chi connectivity index (χ1) is 14.9. The fraction of sp³-hybridized carbons (Fsp3) is 0.480. The largest absolute Gasteiger partial charge is 0.511 e. The van der Waals surface area contributed by atoms with Crippen molar-refractivity contribution in [1.29, 1.82) is 0 Å². The zero-order valence-electron chi connectivity index (χ0n) is 18.6. The van der Waals surface area contributed by atoms with Crippen LogP contribution in [0.15, 0.2) is 59.7 Å². The summed E-state index contributed by atoms with van der Waals surface area (Å²) in [4.78, 5) is 12.3. The SMILES string of the molecule is C=CCC1(C(O)C/C=C/[C@@H]2C(SCc3ccc(C(=O)OC)cc3)=C(O)CC2O)CCC1.[Ac]. The molecule has 0 aromatic heterocycles. The van der Waals surface area contributed by atoms with Crippen LogP contribution in [0.1, 0.15) is 54.4 Å². The molecule has 0 amide bonds. The molecule has 32 heavy (non-hydrogen) atoms. The van der Waals surface area contributed by atoms with Crippen molar-refractivity contribution in [2.75, 3.05) is 7.11 Å². The predicted molar refractivity (Wildman–Crippen MR) is 124 cm³/mol. The van der Waals surface area contributed by atoms with Crippen LogP contribution in [0, 0.1) is 55.4 Å². The monoisotopic (exact) mass is 671 g/mol. The average Bonchev–Trinajstić information content (AvgIpc) is 3.01. The average molecular weight is 672 g/mol. The van der Waals surface area contributed by atoms with E-state index in [1.165, 1.54) is 18.9 Å². The van der Waals surface area contributed by atoms with Gasteiger partial charge in [0.15, 0.2) is 0 Å². The van der Waals surface area contributed by atoms with Gasteiger partial charge in [-0.05, 0) is 43.4 Å². The quantitative estimate of drug-likeness (QED) is 0.242. The summed E-state index contributed by atoms with van der Waals surface area (Å²) < 4.78 is 4.71. The van der Waals surface area contributed by atoms with Gasteiger partial charge in [0.2, 0.25) is 0 Å². The van der Waals surface area contributed by atoms with Crippen molar-refractivity contribution in [1.82, 2.24) is 0 Å². The van der Waals surface area contributed by atoms with E-state index < -0.39 is 12.2 Å². The summed E-state index contributed by atoms with van der Waals surface area (Å²) in [7, 11) is 1.35. The molecule has 1 aromatic rings. The molecule has 0 heterocycles. The van der Waals surface area contributed by atoms with E-state index in [9.17, 15) is 20.1 Å². The summed E-state index contributed by atoms with van der Waals surface area (Å²) in [5, 5.41) is 31.5. The predicted octanol–water partition coefficient (Wildman–Crippen LogP) is 4.91. The molecule has 5 nitrogen and oxygen atoms in total. The Morgan fingerprint density at radius 1 is 1.34 bits per heavy atom. The van der Waals surface area contributed by atoms with Crippen LogP contribution in [0.3, 0.4) is 0 Å². The molecule has 3 N–H and O–H groups in total. The zero-order chi connectivity index (χ0) is 22.4. The van der Waals surface area contributed by atoms with Crippen molar-refractivity contribution in [3.8, 4) is 0 Å². The Hall–Kier alpha value is -0.578. The van der Waals surface area contributed by atoms with Crippen LogP contribution in [-0.2, 0) is 10.5 Å². The number of allylic oxidation sites excluding steroid dienone is 1. The van der Waals surface area contributed by atoms with Crippen molar-refractivity contribution in [2.24, 2.45) is 11.3 Å². The number of hydrogen-bond acceptors (Lipinski definition) is 6. The van der Waals surface area contributed by atoms with E-state index >= 15 is 0 Å². The van der Waals surface area contributed by atoms with Gasteiger partial charge in [0.1, 0.15) is 5.76 Å². The van der Waals surface area contributed by atoms with Gasteiger partial charge in [-0.15, -0.1) is 18.3 Å². The van der Waals surface area contributed by atoms with E-state index in [2.05, 4.69) is 6.58 Å². The molecule has 7 heteroatoms. The van der Waals surface area contributed by atoms with Gasteiger partial charge in [-0.3, -0.25) is 0 Å². The van der Waals surface area contributed by atoms with Crippen molar-refractivity contribution >= 4 is 17.7 Å². The summed E-state index contributed by atoms with van der Waals surface area (Å²) in [5.74, 6) is 0.190. The van der Waals surface area contributed by atoms with Crippen LogP contribution in [0.2, 0.25) is 0 Å². The van der Waals surface area contributed by atoms with Gasteiger partial charge in [0, 0.05) is 72.5 Å². The van der Waals surface area contributed by atoms with Crippen molar-refractivity contribution < 1.29 is 68.9 Å². The molecule has 1 radical (unpaired) electrons. The second kappa shape index (κ2) is 12.8. The molecule has 2 aliphatic carbocycles. The second-order valence-electron chi connectivity index (χ2n) is 8.47. The van der Waals surface area contributed by atoms with E-state index in [-0.39, 0.29) is 73.5 Å². The Bertz CT molecular complexity index is 844. The van der Waals surface area contributed by atoms with Gasteiger partial charge in [0.25, 0.3) is 0 Å². The number of ether oxygens (including phenoxy) is 1. The Morgan fingerprint density at radius 3 is 2.59 bits per heavy atom. The van der Waals surface area contributed by atoms with Gasteiger partial charge >= 0.3 is 5.97 Å². The fourth-order valence-electron chi connectivity index (χ4n) is 4.40. The number of hydrogen-bond donors (Lipinski definition) is 3. The summed E-state index contributed by atoms with van der Waals surface area (Å²) >= 11 is 1.49. The van der Waals surface area contributed by atoms with Crippen LogP contribution < -0.4 is 0 Å². The molecule has 2 aliphatic rings. The number of carbonyl (C=O) groups is 1. The van der Waals surface area contributed by atoms with Gasteiger partial charge in [-0.2, -0.15) is 0 Å². The van der Waals surface area contributed by atoms with E-state index in [0.717, 1.165) is 36.2 Å². The summed E-state index contributed by atoms with van der Waals surface area (Å²) in [6.07, 6.45) is 9.45. The standard InChI is InChI=1S/C25H32O5S.Ac/c1-3-12-25(13-5-14-25)22(28)7-4-6-19-20(26)15-21(27)23(19)31-16-17-8-10-18(11-9-17)24(29)30-2;/h3-4,6,8-11,19-20,22,26-28H,1,5,7,12-16H2,2H3;/b6-4+;/t19-,20?,22?;/m0./s1. The third-order valence-electron chi connectivity index (χ3n) is 6.48. The Balaban J connectivity index is 0.00000363. The maximum absolute atomic E-state index is 11.6. The van der Waals surface area contributed by atoms with Crippen molar-refractivity contribution in [3.63, 3.8) is 0 Å². The van der Waals surface area contributed by atoms with Gasteiger partial charge < -0.3 is 20.1 Å². The van der Waals surface area contributed by atoms with Gasteiger partial charge in [-0.25, -0.2) is 4.79 Å². The third kappa shape index (κ3) is 6.51. The van der Waals surface area contributed by atoms with Crippen LogP contribution in [-0.4, -0.2) is 40.6 Å². The Kier molecular flexibility index (Phi) is 11.0. The first-order valence-corrected chi connectivity index (χ1v) is 11.7. The van der Waals surface area contributed by atoms with E-state index in [4.69, 9.17) is 4.74 Å². The summed E-state index contributed by atoms with van der Waals surface area (Å²) in [6.45, 7) is 3.82. The normalized spacial score (nSPS) is 22.8. The maximum Gasteiger partial charge on any atom is 0.337 e. The molecular weight excluding hydrogens is 639 g/mol. The molecule has 0 spiro atoms. The van der Waals surface area contributed by atoms with Crippen LogP contribution >= 0.6 is 11.8 Å². The van der Waals surface area contributed by atoms with Crippen LogP contribution in [0.4, 0.5) is 0 Å². The topological polar surface area (TPSA) is 87.0 Å². The second-order valence-corrected chi connectivity index (χ2v) is 9.49. The molecule has 3 rings (SSSR count). The number of thioether (sulfide) groups is 1. The molecule has 2 unspecified atom stereocenters. The smallest absolute Gasteiger partial charge is 0.337 e. The molecule has 0 bridgehead atoms. The number of rotatable bonds is 10. The first kappa shape index (κ1) is 27.7.